The van der Waals surface area contributed by atoms with Gasteiger partial charge in [0.25, 0.3) is 0 Å². The molecule has 2 fully saturated rings. The predicted molar refractivity (Wildman–Crippen MR) is 66.6 cm³/mol. The minimum atomic E-state index is 0.431. The molecule has 0 aromatic rings. The van der Waals surface area contributed by atoms with Crippen molar-refractivity contribution in [2.24, 2.45) is 5.41 Å². The maximum atomic E-state index is 5.47. The SMILES string of the molecule is CC1CCCN1CC1(CS)CCOCC1. The predicted octanol–water partition coefficient (Wildman–Crippen LogP) is 2.20. The molecule has 2 nitrogen and oxygen atoms in total. The van der Waals surface area contributed by atoms with E-state index in [1.54, 1.807) is 0 Å². The van der Waals surface area contributed by atoms with E-state index in [4.69, 9.17) is 4.74 Å². The van der Waals surface area contributed by atoms with Crippen LogP contribution in [0.25, 0.3) is 0 Å². The highest BCUT2D eigenvalue weighted by Gasteiger charge is 2.35. The normalized spacial score (nSPS) is 32.0. The van der Waals surface area contributed by atoms with Crippen molar-refractivity contribution < 1.29 is 4.74 Å². The van der Waals surface area contributed by atoms with E-state index in [1.165, 1.54) is 38.8 Å². The van der Waals surface area contributed by atoms with Crippen LogP contribution in [0.3, 0.4) is 0 Å². The zero-order chi connectivity index (χ0) is 10.7. The van der Waals surface area contributed by atoms with Gasteiger partial charge in [-0.15, -0.1) is 0 Å². The Labute approximate surface area is 98.8 Å². The topological polar surface area (TPSA) is 12.5 Å². The van der Waals surface area contributed by atoms with Crippen LogP contribution >= 0.6 is 12.6 Å². The molecule has 88 valence electrons. The molecular formula is C12H23NOS. The van der Waals surface area contributed by atoms with Crippen LogP contribution in [0.1, 0.15) is 32.6 Å². The van der Waals surface area contributed by atoms with Crippen molar-refractivity contribution >= 4 is 12.6 Å². The number of ether oxygens (including phenoxy) is 1. The van der Waals surface area contributed by atoms with E-state index < -0.39 is 0 Å². The number of hydrogen-bond donors (Lipinski definition) is 1. The second-order valence-electron chi connectivity index (χ2n) is 5.23. The molecule has 0 saturated carbocycles. The fourth-order valence-corrected chi connectivity index (χ4v) is 3.25. The second-order valence-corrected chi connectivity index (χ2v) is 5.55. The van der Waals surface area contributed by atoms with E-state index in [0.29, 0.717) is 5.41 Å². The summed E-state index contributed by atoms with van der Waals surface area (Å²) in [6, 6.07) is 0.782. The van der Waals surface area contributed by atoms with Gasteiger partial charge in [0.05, 0.1) is 0 Å². The Morgan fingerprint density at radius 2 is 2.13 bits per heavy atom. The monoisotopic (exact) mass is 229 g/mol. The van der Waals surface area contributed by atoms with E-state index >= 15 is 0 Å². The quantitative estimate of drug-likeness (QED) is 0.745. The molecule has 0 N–H and O–H groups in total. The smallest absolute Gasteiger partial charge is 0.0472 e. The van der Waals surface area contributed by atoms with Gasteiger partial charge in [0.15, 0.2) is 0 Å². The lowest BCUT2D eigenvalue weighted by atomic mass is 9.81. The molecule has 3 heteroatoms. The van der Waals surface area contributed by atoms with E-state index in [-0.39, 0.29) is 0 Å². The van der Waals surface area contributed by atoms with Gasteiger partial charge < -0.3 is 9.64 Å². The van der Waals surface area contributed by atoms with Crippen molar-refractivity contribution in [2.75, 3.05) is 32.1 Å². The third kappa shape index (κ3) is 2.69. The molecule has 0 spiro atoms. The molecule has 0 bridgehead atoms. The van der Waals surface area contributed by atoms with Crippen LogP contribution in [0.15, 0.2) is 0 Å². The van der Waals surface area contributed by atoms with Crippen LogP contribution in [0.4, 0.5) is 0 Å². The zero-order valence-corrected chi connectivity index (χ0v) is 10.6. The summed E-state index contributed by atoms with van der Waals surface area (Å²) in [7, 11) is 0. The largest absolute Gasteiger partial charge is 0.381 e. The molecule has 1 atom stereocenters. The average molecular weight is 229 g/mol. The summed E-state index contributed by atoms with van der Waals surface area (Å²) < 4.78 is 5.47. The van der Waals surface area contributed by atoms with Crippen LogP contribution < -0.4 is 0 Å². The molecule has 2 aliphatic rings. The van der Waals surface area contributed by atoms with Crippen LogP contribution in [-0.4, -0.2) is 43.0 Å². The maximum Gasteiger partial charge on any atom is 0.0472 e. The standard InChI is InChI=1S/C12H23NOS/c1-11-3-2-6-13(11)9-12(10-15)4-7-14-8-5-12/h11,15H,2-10H2,1H3. The number of likely N-dealkylation sites (tertiary alicyclic amines) is 1. The maximum absolute atomic E-state index is 5.47. The van der Waals surface area contributed by atoms with Gasteiger partial charge in [-0.05, 0) is 50.3 Å². The lowest BCUT2D eigenvalue weighted by Gasteiger charge is -2.40. The van der Waals surface area contributed by atoms with Crippen LogP contribution in [0, 0.1) is 5.41 Å². The number of rotatable bonds is 3. The molecule has 15 heavy (non-hydrogen) atoms. The third-order valence-corrected chi connectivity index (χ3v) is 4.79. The summed E-state index contributed by atoms with van der Waals surface area (Å²) in [6.45, 7) is 6.75. The van der Waals surface area contributed by atoms with Gasteiger partial charge in [0.1, 0.15) is 0 Å². The highest BCUT2D eigenvalue weighted by atomic mass is 32.1. The Kier molecular flexibility index (Phi) is 3.97. The number of thiol groups is 1. The molecule has 0 amide bonds. The molecule has 0 aromatic carbocycles. The fraction of sp³-hybridized carbons (Fsp3) is 1.00. The lowest BCUT2D eigenvalue weighted by molar-refractivity contribution is 0.00666. The summed E-state index contributed by atoms with van der Waals surface area (Å²) in [5.74, 6) is 1.01. The van der Waals surface area contributed by atoms with Crippen molar-refractivity contribution in [2.45, 2.75) is 38.6 Å². The molecule has 2 rings (SSSR count). The second kappa shape index (κ2) is 5.07. The molecule has 2 heterocycles. The molecule has 0 aliphatic carbocycles. The van der Waals surface area contributed by atoms with Gasteiger partial charge in [0.2, 0.25) is 0 Å². The minimum absolute atomic E-state index is 0.431. The molecule has 0 radical (unpaired) electrons. The van der Waals surface area contributed by atoms with Gasteiger partial charge in [-0.2, -0.15) is 12.6 Å². The first-order valence-corrected chi connectivity index (χ1v) is 6.82. The van der Waals surface area contributed by atoms with Crippen LogP contribution in [0.5, 0.6) is 0 Å². The minimum Gasteiger partial charge on any atom is -0.381 e. The summed E-state index contributed by atoms with van der Waals surface area (Å²) in [5.41, 5.74) is 0.431. The highest BCUT2D eigenvalue weighted by Crippen LogP contribution is 2.34. The summed E-state index contributed by atoms with van der Waals surface area (Å²) in [4.78, 5) is 2.65. The lowest BCUT2D eigenvalue weighted by Crippen LogP contribution is -2.43. The molecular weight excluding hydrogens is 206 g/mol. The summed E-state index contributed by atoms with van der Waals surface area (Å²) in [5, 5.41) is 0. The fourth-order valence-electron chi connectivity index (χ4n) is 2.83. The van der Waals surface area contributed by atoms with Crippen molar-refractivity contribution in [3.63, 3.8) is 0 Å². The van der Waals surface area contributed by atoms with E-state index in [9.17, 15) is 0 Å². The Bertz CT molecular complexity index is 204. The van der Waals surface area contributed by atoms with Gasteiger partial charge >= 0.3 is 0 Å². The van der Waals surface area contributed by atoms with Crippen molar-refractivity contribution in [3.05, 3.63) is 0 Å². The van der Waals surface area contributed by atoms with Crippen molar-refractivity contribution in [1.82, 2.24) is 4.90 Å². The van der Waals surface area contributed by atoms with Gasteiger partial charge in [-0.1, -0.05) is 0 Å². The number of nitrogens with zero attached hydrogens (tertiary/aromatic N) is 1. The average Bonchev–Trinajstić information content (AvgIpc) is 2.66. The first-order valence-electron chi connectivity index (χ1n) is 6.18. The van der Waals surface area contributed by atoms with E-state index in [1.807, 2.05) is 0 Å². The summed E-state index contributed by atoms with van der Waals surface area (Å²) in [6.07, 6.45) is 5.14. The van der Waals surface area contributed by atoms with Crippen LogP contribution in [0.2, 0.25) is 0 Å². The molecule has 1 unspecified atom stereocenters. The van der Waals surface area contributed by atoms with Crippen LogP contribution in [-0.2, 0) is 4.74 Å². The first-order chi connectivity index (χ1) is 7.26. The molecule has 2 saturated heterocycles. The number of hydrogen-bond acceptors (Lipinski definition) is 3. The van der Waals surface area contributed by atoms with Gasteiger partial charge in [-0.25, -0.2) is 0 Å². The third-order valence-electron chi connectivity index (χ3n) is 4.12. The molecule has 2 aliphatic heterocycles. The van der Waals surface area contributed by atoms with E-state index in [2.05, 4.69) is 24.5 Å². The highest BCUT2D eigenvalue weighted by molar-refractivity contribution is 7.80. The van der Waals surface area contributed by atoms with Gasteiger partial charge in [0, 0.05) is 25.8 Å². The Hall–Kier alpha value is 0.270. The Morgan fingerprint density at radius 3 is 2.67 bits per heavy atom. The summed E-state index contributed by atoms with van der Waals surface area (Å²) >= 11 is 4.57. The van der Waals surface area contributed by atoms with Gasteiger partial charge in [-0.3, -0.25) is 0 Å². The zero-order valence-electron chi connectivity index (χ0n) is 9.74. The first kappa shape index (κ1) is 11.7. The Morgan fingerprint density at radius 1 is 1.40 bits per heavy atom. The van der Waals surface area contributed by atoms with E-state index in [0.717, 1.165) is 25.0 Å². The van der Waals surface area contributed by atoms with Crippen molar-refractivity contribution in [1.29, 1.82) is 0 Å². The van der Waals surface area contributed by atoms with Crippen molar-refractivity contribution in [3.8, 4) is 0 Å². The Balaban J connectivity index is 1.94. The molecule has 0 aromatic heterocycles.